The van der Waals surface area contributed by atoms with Crippen LogP contribution in [0, 0.1) is 0 Å². The van der Waals surface area contributed by atoms with Gasteiger partial charge in [0.2, 0.25) is 0 Å². The predicted octanol–water partition coefficient (Wildman–Crippen LogP) is 2.54. The van der Waals surface area contributed by atoms with Crippen molar-refractivity contribution in [3.63, 3.8) is 0 Å². The second kappa shape index (κ2) is 5.68. The summed E-state index contributed by atoms with van der Waals surface area (Å²) in [6.45, 7) is 5.42. The molecule has 2 N–H and O–H groups in total. The molecule has 0 spiro atoms. The van der Waals surface area contributed by atoms with Crippen molar-refractivity contribution < 1.29 is 4.79 Å². The molecule has 1 aliphatic carbocycles. The highest BCUT2D eigenvalue weighted by Gasteiger charge is 2.13. The normalized spacial score (nSPS) is 18.4. The van der Waals surface area contributed by atoms with Gasteiger partial charge in [0, 0.05) is 11.7 Å². The topological polar surface area (TPSA) is 41.1 Å². The molecule has 0 aliphatic heterocycles. The second-order valence-corrected chi connectivity index (χ2v) is 4.07. The Morgan fingerprint density at radius 2 is 1.79 bits per heavy atom. The lowest BCUT2D eigenvalue weighted by Crippen LogP contribution is -2.40. The van der Waals surface area contributed by atoms with Gasteiger partial charge in [-0.15, -0.1) is 0 Å². The first kappa shape index (κ1) is 11.1. The first-order chi connectivity index (χ1) is 6.68. The fourth-order valence-corrected chi connectivity index (χ4v) is 1.84. The molecule has 2 amide bonds. The summed E-state index contributed by atoms with van der Waals surface area (Å²) in [7, 11) is 0. The van der Waals surface area contributed by atoms with Crippen LogP contribution >= 0.6 is 0 Å². The van der Waals surface area contributed by atoms with Crippen LogP contribution in [0.5, 0.6) is 0 Å². The number of hydrogen-bond acceptors (Lipinski definition) is 1. The summed E-state index contributed by atoms with van der Waals surface area (Å²) in [5, 5.41) is 5.65. The van der Waals surface area contributed by atoms with Crippen LogP contribution in [0.4, 0.5) is 4.79 Å². The number of allylic oxidation sites excluding steroid dienone is 1. The van der Waals surface area contributed by atoms with E-state index in [4.69, 9.17) is 0 Å². The van der Waals surface area contributed by atoms with E-state index >= 15 is 0 Å². The van der Waals surface area contributed by atoms with E-state index in [1.807, 2.05) is 0 Å². The molecule has 0 aromatic rings. The molecule has 1 fully saturated rings. The van der Waals surface area contributed by atoms with Crippen molar-refractivity contribution in [2.75, 3.05) is 0 Å². The van der Waals surface area contributed by atoms with Crippen LogP contribution in [0.15, 0.2) is 12.3 Å². The van der Waals surface area contributed by atoms with Gasteiger partial charge in [0.15, 0.2) is 0 Å². The van der Waals surface area contributed by atoms with Gasteiger partial charge in [-0.3, -0.25) is 0 Å². The fourth-order valence-electron chi connectivity index (χ4n) is 1.84. The Bertz CT molecular complexity index is 205. The number of carbonyl (C=O) groups excluding carboxylic acids is 1. The number of rotatable bonds is 2. The Labute approximate surface area is 86.0 Å². The van der Waals surface area contributed by atoms with Gasteiger partial charge in [0.25, 0.3) is 0 Å². The second-order valence-electron chi connectivity index (χ2n) is 4.07. The molecule has 0 atom stereocenters. The van der Waals surface area contributed by atoms with Crippen molar-refractivity contribution >= 4 is 6.03 Å². The first-order valence-electron chi connectivity index (χ1n) is 5.41. The zero-order valence-corrected chi connectivity index (χ0v) is 8.94. The maximum Gasteiger partial charge on any atom is 0.319 e. The molecule has 0 aromatic carbocycles. The average molecular weight is 196 g/mol. The van der Waals surface area contributed by atoms with Crippen LogP contribution in [0.25, 0.3) is 0 Å². The van der Waals surface area contributed by atoms with Crippen molar-refractivity contribution in [3.05, 3.63) is 12.3 Å². The SMILES string of the molecule is C=C(C)NC(=O)NC1CCCCCC1. The monoisotopic (exact) mass is 196 g/mol. The summed E-state index contributed by atoms with van der Waals surface area (Å²) in [4.78, 5) is 11.4. The number of amides is 2. The van der Waals surface area contributed by atoms with Gasteiger partial charge in [-0.1, -0.05) is 32.3 Å². The Morgan fingerprint density at radius 3 is 2.29 bits per heavy atom. The van der Waals surface area contributed by atoms with E-state index in [1.165, 1.54) is 25.7 Å². The third kappa shape index (κ3) is 4.30. The molecule has 1 aliphatic rings. The number of carbonyl (C=O) groups is 1. The van der Waals surface area contributed by atoms with Crippen molar-refractivity contribution in [3.8, 4) is 0 Å². The summed E-state index contributed by atoms with van der Waals surface area (Å²) in [6, 6.07) is 0.251. The molecule has 0 heterocycles. The van der Waals surface area contributed by atoms with Crippen molar-refractivity contribution in [2.45, 2.75) is 51.5 Å². The molecule has 0 saturated heterocycles. The van der Waals surface area contributed by atoms with Gasteiger partial charge >= 0.3 is 6.03 Å². The lowest BCUT2D eigenvalue weighted by atomic mass is 10.1. The number of urea groups is 1. The van der Waals surface area contributed by atoms with E-state index in [0.717, 1.165) is 12.8 Å². The van der Waals surface area contributed by atoms with Gasteiger partial charge in [-0.25, -0.2) is 4.79 Å². The molecule has 1 saturated carbocycles. The van der Waals surface area contributed by atoms with E-state index in [9.17, 15) is 4.79 Å². The molecule has 0 bridgehead atoms. The third-order valence-corrected chi connectivity index (χ3v) is 2.52. The van der Waals surface area contributed by atoms with Crippen LogP contribution < -0.4 is 10.6 Å². The number of nitrogens with one attached hydrogen (secondary N) is 2. The van der Waals surface area contributed by atoms with E-state index in [1.54, 1.807) is 6.92 Å². The summed E-state index contributed by atoms with van der Waals surface area (Å²) in [5.41, 5.74) is 0.691. The van der Waals surface area contributed by atoms with Crippen molar-refractivity contribution in [2.24, 2.45) is 0 Å². The lowest BCUT2D eigenvalue weighted by molar-refractivity contribution is 0.238. The third-order valence-electron chi connectivity index (χ3n) is 2.52. The minimum Gasteiger partial charge on any atom is -0.335 e. The van der Waals surface area contributed by atoms with Gasteiger partial charge in [-0.05, 0) is 19.8 Å². The van der Waals surface area contributed by atoms with Crippen molar-refractivity contribution in [1.29, 1.82) is 0 Å². The van der Waals surface area contributed by atoms with Crippen LogP contribution in [0.3, 0.4) is 0 Å². The Kier molecular flexibility index (Phi) is 4.50. The molecule has 1 rings (SSSR count). The average Bonchev–Trinajstić information content (AvgIpc) is 2.31. The molecular weight excluding hydrogens is 176 g/mol. The van der Waals surface area contributed by atoms with E-state index in [-0.39, 0.29) is 6.03 Å². The minimum absolute atomic E-state index is 0.107. The minimum atomic E-state index is -0.107. The molecular formula is C11H20N2O. The zero-order chi connectivity index (χ0) is 10.4. The van der Waals surface area contributed by atoms with E-state index in [2.05, 4.69) is 17.2 Å². The van der Waals surface area contributed by atoms with Crippen LogP contribution in [-0.4, -0.2) is 12.1 Å². The van der Waals surface area contributed by atoms with E-state index in [0.29, 0.717) is 11.7 Å². The molecule has 3 heteroatoms. The van der Waals surface area contributed by atoms with Gasteiger partial charge in [0.05, 0.1) is 0 Å². The predicted molar refractivity (Wildman–Crippen MR) is 58.0 cm³/mol. The van der Waals surface area contributed by atoms with E-state index < -0.39 is 0 Å². The quantitative estimate of drug-likeness (QED) is 0.655. The van der Waals surface area contributed by atoms with Gasteiger partial charge in [0.1, 0.15) is 0 Å². The van der Waals surface area contributed by atoms with Crippen molar-refractivity contribution in [1.82, 2.24) is 10.6 Å². The fraction of sp³-hybridized carbons (Fsp3) is 0.727. The largest absolute Gasteiger partial charge is 0.335 e. The molecule has 0 unspecified atom stereocenters. The molecule has 80 valence electrons. The lowest BCUT2D eigenvalue weighted by Gasteiger charge is -2.16. The summed E-state index contributed by atoms with van der Waals surface area (Å²) < 4.78 is 0. The summed E-state index contributed by atoms with van der Waals surface area (Å²) >= 11 is 0. The Balaban J connectivity index is 2.27. The highest BCUT2D eigenvalue weighted by atomic mass is 16.2. The van der Waals surface area contributed by atoms with Crippen LogP contribution in [-0.2, 0) is 0 Å². The van der Waals surface area contributed by atoms with Gasteiger partial charge < -0.3 is 10.6 Å². The number of hydrogen-bond donors (Lipinski definition) is 2. The standard InChI is InChI=1S/C11H20N2O/c1-9(2)12-11(14)13-10-7-5-3-4-6-8-10/h10H,1,3-8H2,2H3,(H2,12,13,14). The Hall–Kier alpha value is -0.990. The smallest absolute Gasteiger partial charge is 0.319 e. The highest BCUT2D eigenvalue weighted by Crippen LogP contribution is 2.16. The zero-order valence-electron chi connectivity index (χ0n) is 8.94. The summed E-state index contributed by atoms with van der Waals surface area (Å²) in [6.07, 6.45) is 7.31. The maximum atomic E-state index is 11.4. The molecule has 0 radical (unpaired) electrons. The molecule has 0 aromatic heterocycles. The molecule has 14 heavy (non-hydrogen) atoms. The van der Waals surface area contributed by atoms with Crippen LogP contribution in [0.2, 0.25) is 0 Å². The van der Waals surface area contributed by atoms with Gasteiger partial charge in [-0.2, -0.15) is 0 Å². The highest BCUT2D eigenvalue weighted by molar-refractivity contribution is 5.75. The molecule has 3 nitrogen and oxygen atoms in total. The van der Waals surface area contributed by atoms with Crippen LogP contribution in [0.1, 0.15) is 45.4 Å². The summed E-state index contributed by atoms with van der Waals surface area (Å²) in [5.74, 6) is 0. The maximum absolute atomic E-state index is 11.4. The first-order valence-corrected chi connectivity index (χ1v) is 5.41. The Morgan fingerprint density at radius 1 is 1.21 bits per heavy atom.